The van der Waals surface area contributed by atoms with E-state index in [1.165, 1.54) is 45.1 Å². The molecule has 0 spiro atoms. The van der Waals surface area contributed by atoms with E-state index in [1.54, 1.807) is 0 Å². The zero-order valence-corrected chi connectivity index (χ0v) is 13.6. The van der Waals surface area contributed by atoms with Crippen molar-refractivity contribution in [1.29, 1.82) is 0 Å². The molecular weight excluding hydrogens is 310 g/mol. The lowest BCUT2D eigenvalue weighted by atomic mass is 10.0. The van der Waals surface area contributed by atoms with Gasteiger partial charge < -0.3 is 9.72 Å². The molecule has 0 aliphatic heterocycles. The Hall–Kier alpha value is -2.64. The monoisotopic (exact) mass is 331 g/mol. The average Bonchev–Trinajstić information content (AvgIpc) is 3.24. The molecule has 24 heavy (non-hydrogen) atoms. The number of pyridine rings is 1. The minimum atomic E-state index is -0.476. The summed E-state index contributed by atoms with van der Waals surface area (Å²) >= 11 is 0. The number of ether oxygens (including phenoxy) is 1. The Labute approximate surface area is 139 Å². The number of hydrogen-bond donors (Lipinski definition) is 3. The van der Waals surface area contributed by atoms with Gasteiger partial charge in [0.2, 0.25) is 11.4 Å². The molecule has 0 bridgehead atoms. The van der Waals surface area contributed by atoms with E-state index < -0.39 is 5.91 Å². The van der Waals surface area contributed by atoms with E-state index in [-0.39, 0.29) is 22.8 Å². The molecule has 3 N–H and O–H groups in total. The van der Waals surface area contributed by atoms with Gasteiger partial charge in [-0.3, -0.25) is 20.0 Å². The van der Waals surface area contributed by atoms with Crippen molar-refractivity contribution in [2.24, 2.45) is 5.92 Å². The van der Waals surface area contributed by atoms with Crippen molar-refractivity contribution in [2.75, 3.05) is 12.4 Å². The van der Waals surface area contributed by atoms with Crippen molar-refractivity contribution in [2.45, 2.75) is 38.5 Å². The average molecular weight is 331 g/mol. The number of methoxy groups -OCH3 is 1. The second kappa shape index (κ2) is 7.29. The Morgan fingerprint density at radius 3 is 2.92 bits per heavy atom. The topological polar surface area (TPSA) is 113 Å². The summed E-state index contributed by atoms with van der Waals surface area (Å²) in [6.07, 6.45) is 8.50. The van der Waals surface area contributed by atoms with Crippen LogP contribution < -0.4 is 15.5 Å². The van der Waals surface area contributed by atoms with Crippen LogP contribution in [0.4, 0.5) is 5.95 Å². The highest BCUT2D eigenvalue weighted by Crippen LogP contribution is 2.28. The van der Waals surface area contributed by atoms with Crippen LogP contribution >= 0.6 is 0 Å². The standard InChI is InChI=1S/C16H21N5O3/c1-24-13-9-17-11(8-12(13)22)15(23)19-16-18-14(20-21-16)7-6-10-4-2-3-5-10/h8-10H,2-7H2,1H3,(H,17,22)(H2,18,19,20,21,23). The maximum absolute atomic E-state index is 12.1. The first-order chi connectivity index (χ1) is 11.7. The van der Waals surface area contributed by atoms with Crippen LogP contribution in [-0.2, 0) is 6.42 Å². The summed E-state index contributed by atoms with van der Waals surface area (Å²) in [7, 11) is 1.39. The summed E-state index contributed by atoms with van der Waals surface area (Å²) in [5.41, 5.74) is -0.244. The number of amides is 1. The van der Waals surface area contributed by atoms with Gasteiger partial charge in [-0.25, -0.2) is 0 Å². The summed E-state index contributed by atoms with van der Waals surface area (Å²) in [5.74, 6) is 1.42. The van der Waals surface area contributed by atoms with Gasteiger partial charge in [0.25, 0.3) is 5.91 Å². The van der Waals surface area contributed by atoms with Crippen molar-refractivity contribution in [3.63, 3.8) is 0 Å². The molecule has 0 atom stereocenters. The van der Waals surface area contributed by atoms with E-state index >= 15 is 0 Å². The Kier molecular flexibility index (Phi) is 4.93. The molecule has 1 saturated carbocycles. The Morgan fingerprint density at radius 1 is 1.42 bits per heavy atom. The van der Waals surface area contributed by atoms with Crippen LogP contribution in [0.5, 0.6) is 5.75 Å². The van der Waals surface area contributed by atoms with Crippen molar-refractivity contribution < 1.29 is 9.53 Å². The highest BCUT2D eigenvalue weighted by molar-refractivity contribution is 6.01. The van der Waals surface area contributed by atoms with Gasteiger partial charge in [-0.15, -0.1) is 5.10 Å². The minimum absolute atomic E-state index is 0.123. The summed E-state index contributed by atoms with van der Waals surface area (Å²) in [5, 5.41) is 9.41. The van der Waals surface area contributed by atoms with E-state index in [0.717, 1.165) is 24.6 Å². The van der Waals surface area contributed by atoms with Crippen molar-refractivity contribution in [3.05, 3.63) is 34.0 Å². The van der Waals surface area contributed by atoms with Gasteiger partial charge in [-0.1, -0.05) is 25.7 Å². The maximum Gasteiger partial charge on any atom is 0.274 e. The number of hydrogen-bond acceptors (Lipinski definition) is 5. The second-order valence-corrected chi connectivity index (χ2v) is 6.03. The Balaban J connectivity index is 1.58. The van der Waals surface area contributed by atoms with Crippen LogP contribution in [0.3, 0.4) is 0 Å². The molecule has 1 fully saturated rings. The molecule has 1 aliphatic carbocycles. The van der Waals surface area contributed by atoms with Crippen molar-refractivity contribution in [3.8, 4) is 5.75 Å². The van der Waals surface area contributed by atoms with E-state index in [0.29, 0.717) is 0 Å². The largest absolute Gasteiger partial charge is 0.491 e. The minimum Gasteiger partial charge on any atom is -0.491 e. The van der Waals surface area contributed by atoms with Crippen LogP contribution in [0.2, 0.25) is 0 Å². The molecule has 8 nitrogen and oxygen atoms in total. The molecule has 2 aromatic rings. The fourth-order valence-electron chi connectivity index (χ4n) is 3.02. The summed E-state index contributed by atoms with van der Waals surface area (Å²) in [6, 6.07) is 1.18. The van der Waals surface area contributed by atoms with Gasteiger partial charge in [0.05, 0.1) is 7.11 Å². The van der Waals surface area contributed by atoms with Crippen molar-refractivity contribution in [1.82, 2.24) is 20.2 Å². The van der Waals surface area contributed by atoms with E-state index in [4.69, 9.17) is 4.74 Å². The van der Waals surface area contributed by atoms with E-state index in [2.05, 4.69) is 25.5 Å². The van der Waals surface area contributed by atoms with E-state index in [1.807, 2.05) is 0 Å². The van der Waals surface area contributed by atoms with Gasteiger partial charge in [0.1, 0.15) is 11.5 Å². The fraction of sp³-hybridized carbons (Fsp3) is 0.500. The SMILES string of the molecule is COc1c[nH]c(C(=O)Nc2n[nH]c(CCC3CCCC3)n2)cc1=O. The zero-order chi connectivity index (χ0) is 16.9. The van der Waals surface area contributed by atoms with E-state index in [9.17, 15) is 9.59 Å². The lowest BCUT2D eigenvalue weighted by Crippen LogP contribution is -2.18. The van der Waals surface area contributed by atoms with Gasteiger partial charge in [-0.05, 0) is 12.3 Å². The normalized spacial score (nSPS) is 14.7. The van der Waals surface area contributed by atoms with Crippen molar-refractivity contribution >= 4 is 11.9 Å². The summed E-state index contributed by atoms with van der Waals surface area (Å²) < 4.78 is 4.87. The number of nitrogens with one attached hydrogen (secondary N) is 3. The number of aromatic nitrogens is 4. The molecule has 0 unspecified atom stereocenters. The third kappa shape index (κ3) is 3.81. The van der Waals surface area contributed by atoms with Crippen LogP contribution in [0.1, 0.15) is 48.4 Å². The molecular formula is C16H21N5O3. The molecule has 0 radical (unpaired) electrons. The van der Waals surface area contributed by atoms with Crippen LogP contribution in [-0.4, -0.2) is 33.2 Å². The lowest BCUT2D eigenvalue weighted by Gasteiger charge is -2.05. The summed E-state index contributed by atoms with van der Waals surface area (Å²) in [4.78, 5) is 30.8. The zero-order valence-electron chi connectivity index (χ0n) is 13.6. The molecule has 2 heterocycles. The lowest BCUT2D eigenvalue weighted by molar-refractivity contribution is 0.102. The van der Waals surface area contributed by atoms with Gasteiger partial charge in [0.15, 0.2) is 5.75 Å². The third-order valence-electron chi connectivity index (χ3n) is 4.36. The van der Waals surface area contributed by atoms with Crippen LogP contribution in [0, 0.1) is 5.92 Å². The number of carbonyl (C=O) groups is 1. The molecule has 8 heteroatoms. The quantitative estimate of drug-likeness (QED) is 0.748. The first kappa shape index (κ1) is 16.2. The number of H-pyrrole nitrogens is 2. The molecule has 0 saturated heterocycles. The number of aryl methyl sites for hydroxylation is 1. The molecule has 1 aliphatic rings. The first-order valence-corrected chi connectivity index (χ1v) is 8.15. The Morgan fingerprint density at radius 2 is 2.21 bits per heavy atom. The third-order valence-corrected chi connectivity index (χ3v) is 4.36. The maximum atomic E-state index is 12.1. The highest BCUT2D eigenvalue weighted by atomic mass is 16.5. The molecule has 3 rings (SSSR count). The van der Waals surface area contributed by atoms with Gasteiger partial charge in [-0.2, -0.15) is 4.98 Å². The number of rotatable bonds is 6. The summed E-state index contributed by atoms with van der Waals surface area (Å²) in [6.45, 7) is 0. The number of nitrogens with zero attached hydrogens (tertiary/aromatic N) is 2. The van der Waals surface area contributed by atoms with Crippen LogP contribution in [0.25, 0.3) is 0 Å². The fourth-order valence-corrected chi connectivity index (χ4v) is 3.02. The smallest absolute Gasteiger partial charge is 0.274 e. The molecule has 128 valence electrons. The highest BCUT2D eigenvalue weighted by Gasteiger charge is 2.16. The molecule has 2 aromatic heterocycles. The number of anilines is 1. The predicted octanol–water partition coefficient (Wildman–Crippen LogP) is 1.88. The Bertz CT molecular complexity index is 761. The number of carbonyl (C=O) groups excluding carboxylic acids is 1. The second-order valence-electron chi connectivity index (χ2n) is 6.03. The number of aromatic amines is 2. The molecule has 1 amide bonds. The van der Waals surface area contributed by atoms with Gasteiger partial charge in [0, 0.05) is 18.7 Å². The predicted molar refractivity (Wildman–Crippen MR) is 88.2 cm³/mol. The van der Waals surface area contributed by atoms with Gasteiger partial charge >= 0.3 is 0 Å². The first-order valence-electron chi connectivity index (χ1n) is 8.15. The van der Waals surface area contributed by atoms with Crippen LogP contribution in [0.15, 0.2) is 17.1 Å². The molecule has 0 aromatic carbocycles.